The Bertz CT molecular complexity index is 548. The third-order valence-electron chi connectivity index (χ3n) is 5.42. The maximum Gasteiger partial charge on any atom is 0.269 e. The minimum Gasteiger partial charge on any atom is -0.371 e. The second-order valence-electron chi connectivity index (χ2n) is 7.11. The number of nitro groups is 1. The van der Waals surface area contributed by atoms with Gasteiger partial charge in [0, 0.05) is 49.0 Å². The summed E-state index contributed by atoms with van der Waals surface area (Å²) in [5.74, 6) is 0. The summed E-state index contributed by atoms with van der Waals surface area (Å²) in [6.45, 7) is 1.99. The molecule has 0 spiro atoms. The van der Waals surface area contributed by atoms with Gasteiger partial charge in [-0.05, 0) is 44.2 Å². The second-order valence-corrected chi connectivity index (χ2v) is 7.11. The number of hydrogen-bond acceptors (Lipinski definition) is 5. The van der Waals surface area contributed by atoms with Crippen LogP contribution in [0.1, 0.15) is 44.9 Å². The standard InChI is InChI=1S/C18H28N4O2/c19-17-5-1-2-6-18(17)20-14-4-3-12-21(13-11-14)15-7-9-16(10-8-15)22(23)24/h7-10,14,17-18,20H,1-6,11-13,19H2. The van der Waals surface area contributed by atoms with Crippen LogP contribution in [-0.4, -0.2) is 36.1 Å². The monoisotopic (exact) mass is 332 g/mol. The predicted octanol–water partition coefficient (Wildman–Crippen LogP) is 2.81. The Hall–Kier alpha value is -1.66. The summed E-state index contributed by atoms with van der Waals surface area (Å²) in [6, 6.07) is 8.21. The van der Waals surface area contributed by atoms with Crippen LogP contribution in [0, 0.1) is 10.1 Å². The van der Waals surface area contributed by atoms with E-state index in [1.54, 1.807) is 12.1 Å². The van der Waals surface area contributed by atoms with Crippen LogP contribution < -0.4 is 16.0 Å². The van der Waals surface area contributed by atoms with Crippen molar-refractivity contribution in [2.24, 2.45) is 5.73 Å². The molecule has 1 aliphatic carbocycles. The first-order valence-corrected chi connectivity index (χ1v) is 9.14. The zero-order valence-electron chi connectivity index (χ0n) is 14.2. The first-order valence-electron chi connectivity index (χ1n) is 9.14. The Labute approximate surface area is 143 Å². The van der Waals surface area contributed by atoms with Gasteiger partial charge in [0.25, 0.3) is 5.69 Å². The molecule has 6 nitrogen and oxygen atoms in total. The number of nitrogens with one attached hydrogen (secondary N) is 1. The molecule has 3 unspecified atom stereocenters. The van der Waals surface area contributed by atoms with Gasteiger partial charge in [-0.25, -0.2) is 0 Å². The molecule has 0 bridgehead atoms. The Balaban J connectivity index is 1.55. The van der Waals surface area contributed by atoms with E-state index in [0.29, 0.717) is 18.1 Å². The lowest BCUT2D eigenvalue weighted by atomic mass is 9.90. The highest BCUT2D eigenvalue weighted by Crippen LogP contribution is 2.24. The van der Waals surface area contributed by atoms with E-state index in [-0.39, 0.29) is 10.6 Å². The van der Waals surface area contributed by atoms with E-state index in [4.69, 9.17) is 5.73 Å². The van der Waals surface area contributed by atoms with E-state index < -0.39 is 0 Å². The average molecular weight is 332 g/mol. The van der Waals surface area contributed by atoms with Gasteiger partial charge in [0.05, 0.1) is 4.92 Å². The zero-order valence-corrected chi connectivity index (χ0v) is 14.2. The lowest BCUT2D eigenvalue weighted by Crippen LogP contribution is -2.50. The fraction of sp³-hybridized carbons (Fsp3) is 0.667. The molecule has 1 heterocycles. The van der Waals surface area contributed by atoms with Crippen LogP contribution in [0.2, 0.25) is 0 Å². The minimum atomic E-state index is -0.348. The van der Waals surface area contributed by atoms with E-state index in [2.05, 4.69) is 10.2 Å². The number of benzene rings is 1. The van der Waals surface area contributed by atoms with Gasteiger partial charge in [-0.2, -0.15) is 0 Å². The van der Waals surface area contributed by atoms with Crippen LogP contribution in [0.3, 0.4) is 0 Å². The molecule has 3 rings (SSSR count). The Kier molecular flexibility index (Phi) is 5.68. The van der Waals surface area contributed by atoms with Crippen molar-refractivity contribution in [3.63, 3.8) is 0 Å². The zero-order chi connectivity index (χ0) is 16.9. The normalized spacial score (nSPS) is 28.4. The highest BCUT2D eigenvalue weighted by atomic mass is 16.6. The van der Waals surface area contributed by atoms with Gasteiger partial charge in [0.2, 0.25) is 0 Å². The molecule has 132 valence electrons. The molecule has 24 heavy (non-hydrogen) atoms. The van der Waals surface area contributed by atoms with Gasteiger partial charge in [-0.1, -0.05) is 12.8 Å². The summed E-state index contributed by atoms with van der Waals surface area (Å²) >= 11 is 0. The van der Waals surface area contributed by atoms with Crippen molar-refractivity contribution in [3.8, 4) is 0 Å². The van der Waals surface area contributed by atoms with Crippen LogP contribution in [-0.2, 0) is 0 Å². The number of nitrogens with two attached hydrogens (primary N) is 1. The highest BCUT2D eigenvalue weighted by Gasteiger charge is 2.25. The van der Waals surface area contributed by atoms with Crippen LogP contribution in [0.25, 0.3) is 0 Å². The maximum atomic E-state index is 10.8. The molecule has 1 aromatic rings. The van der Waals surface area contributed by atoms with Gasteiger partial charge >= 0.3 is 0 Å². The first-order chi connectivity index (χ1) is 11.6. The van der Waals surface area contributed by atoms with E-state index in [9.17, 15) is 10.1 Å². The Morgan fingerprint density at radius 2 is 1.79 bits per heavy atom. The molecule has 2 aliphatic rings. The fourth-order valence-corrected chi connectivity index (χ4v) is 3.98. The summed E-state index contributed by atoms with van der Waals surface area (Å²) in [4.78, 5) is 12.8. The molecule has 3 N–H and O–H groups in total. The predicted molar refractivity (Wildman–Crippen MR) is 96.3 cm³/mol. The Morgan fingerprint density at radius 1 is 1.04 bits per heavy atom. The number of non-ortho nitro benzene ring substituents is 1. The van der Waals surface area contributed by atoms with Crippen LogP contribution in [0.4, 0.5) is 11.4 Å². The fourth-order valence-electron chi connectivity index (χ4n) is 3.98. The third-order valence-corrected chi connectivity index (χ3v) is 5.42. The van der Waals surface area contributed by atoms with Crippen molar-refractivity contribution < 1.29 is 4.92 Å². The summed E-state index contributed by atoms with van der Waals surface area (Å²) < 4.78 is 0. The van der Waals surface area contributed by atoms with Gasteiger partial charge in [-0.3, -0.25) is 10.1 Å². The van der Waals surface area contributed by atoms with Crippen molar-refractivity contribution in [1.82, 2.24) is 5.32 Å². The molecule has 1 saturated carbocycles. The summed E-state index contributed by atoms with van der Waals surface area (Å²) in [7, 11) is 0. The largest absolute Gasteiger partial charge is 0.371 e. The molecule has 0 aromatic heterocycles. The molecular formula is C18H28N4O2. The minimum absolute atomic E-state index is 0.152. The number of rotatable bonds is 4. The average Bonchev–Trinajstić information content (AvgIpc) is 2.83. The van der Waals surface area contributed by atoms with Gasteiger partial charge in [0.15, 0.2) is 0 Å². The Morgan fingerprint density at radius 3 is 2.50 bits per heavy atom. The number of nitrogens with zero attached hydrogens (tertiary/aromatic N) is 2. The van der Waals surface area contributed by atoms with E-state index in [1.165, 1.54) is 25.7 Å². The molecule has 1 saturated heterocycles. The topological polar surface area (TPSA) is 84.4 Å². The second kappa shape index (κ2) is 7.94. The highest BCUT2D eigenvalue weighted by molar-refractivity contribution is 5.50. The quantitative estimate of drug-likeness (QED) is 0.654. The van der Waals surface area contributed by atoms with E-state index in [1.807, 2.05) is 12.1 Å². The molecule has 1 aromatic carbocycles. The summed E-state index contributed by atoms with van der Waals surface area (Å²) in [6.07, 6.45) is 8.29. The van der Waals surface area contributed by atoms with Crippen LogP contribution in [0.5, 0.6) is 0 Å². The van der Waals surface area contributed by atoms with E-state index in [0.717, 1.165) is 38.0 Å². The number of anilines is 1. The molecule has 6 heteroatoms. The van der Waals surface area contributed by atoms with Crippen molar-refractivity contribution in [3.05, 3.63) is 34.4 Å². The van der Waals surface area contributed by atoms with E-state index >= 15 is 0 Å². The summed E-state index contributed by atoms with van der Waals surface area (Å²) in [5.41, 5.74) is 7.50. The SMILES string of the molecule is NC1CCCCC1NC1CCCN(c2ccc([N+](=O)[O-])cc2)CC1. The number of hydrogen-bond donors (Lipinski definition) is 2. The molecule has 0 amide bonds. The molecule has 0 radical (unpaired) electrons. The lowest BCUT2D eigenvalue weighted by Gasteiger charge is -2.33. The molecule has 3 atom stereocenters. The molecular weight excluding hydrogens is 304 g/mol. The maximum absolute atomic E-state index is 10.8. The van der Waals surface area contributed by atoms with Crippen molar-refractivity contribution in [1.29, 1.82) is 0 Å². The van der Waals surface area contributed by atoms with Gasteiger partial charge in [0.1, 0.15) is 0 Å². The van der Waals surface area contributed by atoms with Gasteiger partial charge < -0.3 is 16.0 Å². The molecule has 2 fully saturated rings. The lowest BCUT2D eigenvalue weighted by molar-refractivity contribution is -0.384. The van der Waals surface area contributed by atoms with Crippen molar-refractivity contribution in [2.75, 3.05) is 18.0 Å². The van der Waals surface area contributed by atoms with Crippen molar-refractivity contribution >= 4 is 11.4 Å². The smallest absolute Gasteiger partial charge is 0.269 e. The first kappa shape index (κ1) is 17.2. The number of nitro benzene ring substituents is 1. The van der Waals surface area contributed by atoms with Gasteiger partial charge in [-0.15, -0.1) is 0 Å². The third kappa shape index (κ3) is 4.24. The van der Waals surface area contributed by atoms with Crippen LogP contribution in [0.15, 0.2) is 24.3 Å². The van der Waals surface area contributed by atoms with Crippen LogP contribution >= 0.6 is 0 Å². The summed E-state index contributed by atoms with van der Waals surface area (Å²) in [5, 5.41) is 14.6. The van der Waals surface area contributed by atoms with Crippen molar-refractivity contribution in [2.45, 2.75) is 63.1 Å². The molecule has 1 aliphatic heterocycles.